The molecule has 0 unspecified atom stereocenters. The van der Waals surface area contributed by atoms with E-state index in [1.165, 1.54) is 11.1 Å². The summed E-state index contributed by atoms with van der Waals surface area (Å²) in [7, 11) is 0. The molecule has 0 radical (unpaired) electrons. The van der Waals surface area contributed by atoms with Crippen LogP contribution in [0.2, 0.25) is 0 Å². The lowest BCUT2D eigenvalue weighted by Gasteiger charge is -2.33. The molecule has 0 spiro atoms. The van der Waals surface area contributed by atoms with Crippen LogP contribution in [0.3, 0.4) is 0 Å². The molecule has 0 aliphatic carbocycles. The molecule has 2 aromatic carbocycles. The molecule has 2 aromatic rings. The number of nitrogens with one attached hydrogen (secondary N) is 1. The van der Waals surface area contributed by atoms with E-state index in [-0.39, 0.29) is 17.4 Å². The van der Waals surface area contributed by atoms with Crippen molar-refractivity contribution in [1.82, 2.24) is 10.2 Å². The Bertz CT molecular complexity index is 853. The first-order valence-electron chi connectivity index (χ1n) is 10.8. The molecule has 0 aromatic heterocycles. The molecule has 0 aliphatic rings. The molecule has 0 aliphatic heterocycles. The van der Waals surface area contributed by atoms with Crippen molar-refractivity contribution < 1.29 is 9.59 Å². The van der Waals surface area contributed by atoms with E-state index in [2.05, 4.69) is 43.4 Å². The quantitative estimate of drug-likeness (QED) is 0.693. The fraction of sp³-hybridized carbons (Fsp3) is 0.462. The van der Waals surface area contributed by atoms with Gasteiger partial charge in [0.25, 0.3) is 0 Å². The Labute approximate surface area is 181 Å². The minimum absolute atomic E-state index is 0.00917. The standard InChI is InChI=1S/C26H36N2O2/c1-7-23(25(30)27-26(4,5)6)28(16-15-21-11-9-8-10-12-21)24(29)18-22-14-13-19(2)20(3)17-22/h8-14,17,23H,7,15-16,18H2,1-6H3,(H,27,30)/t23-/m0/s1. The molecule has 0 saturated heterocycles. The molecule has 4 heteroatoms. The predicted octanol–water partition coefficient (Wildman–Crippen LogP) is 4.61. The van der Waals surface area contributed by atoms with Gasteiger partial charge in [-0.15, -0.1) is 0 Å². The van der Waals surface area contributed by atoms with E-state index in [1.54, 1.807) is 4.90 Å². The van der Waals surface area contributed by atoms with Crippen LogP contribution in [-0.2, 0) is 22.4 Å². The Balaban J connectivity index is 2.24. The second-order valence-electron chi connectivity index (χ2n) is 9.08. The van der Waals surface area contributed by atoms with Crippen molar-refractivity contribution >= 4 is 11.8 Å². The topological polar surface area (TPSA) is 49.4 Å². The maximum Gasteiger partial charge on any atom is 0.243 e. The van der Waals surface area contributed by atoms with Crippen LogP contribution in [0.15, 0.2) is 48.5 Å². The summed E-state index contributed by atoms with van der Waals surface area (Å²) in [5.41, 5.74) is 4.19. The maximum absolute atomic E-state index is 13.3. The second-order valence-corrected chi connectivity index (χ2v) is 9.08. The largest absolute Gasteiger partial charge is 0.350 e. The molecule has 30 heavy (non-hydrogen) atoms. The molecular formula is C26H36N2O2. The first-order valence-corrected chi connectivity index (χ1v) is 10.8. The molecule has 0 bridgehead atoms. The summed E-state index contributed by atoms with van der Waals surface area (Å²) in [6.07, 6.45) is 1.60. The lowest BCUT2D eigenvalue weighted by atomic mass is 10.0. The Hall–Kier alpha value is -2.62. The highest BCUT2D eigenvalue weighted by molar-refractivity contribution is 5.88. The van der Waals surface area contributed by atoms with Gasteiger partial charge in [0.1, 0.15) is 6.04 Å². The van der Waals surface area contributed by atoms with Gasteiger partial charge >= 0.3 is 0 Å². The number of amides is 2. The van der Waals surface area contributed by atoms with Gasteiger partial charge in [-0.3, -0.25) is 9.59 Å². The van der Waals surface area contributed by atoms with E-state index in [4.69, 9.17) is 0 Å². The van der Waals surface area contributed by atoms with E-state index in [9.17, 15) is 9.59 Å². The van der Waals surface area contributed by atoms with Gasteiger partial charge in [-0.05, 0) is 69.7 Å². The normalized spacial score (nSPS) is 12.3. The lowest BCUT2D eigenvalue weighted by Crippen LogP contribution is -2.54. The van der Waals surface area contributed by atoms with Crippen molar-refractivity contribution in [3.8, 4) is 0 Å². The summed E-state index contributed by atoms with van der Waals surface area (Å²) in [6.45, 7) is 12.5. The third-order valence-electron chi connectivity index (χ3n) is 5.29. The highest BCUT2D eigenvalue weighted by Crippen LogP contribution is 2.15. The molecule has 1 atom stereocenters. The first kappa shape index (κ1) is 23.7. The van der Waals surface area contributed by atoms with Gasteiger partial charge in [0.15, 0.2) is 0 Å². The smallest absolute Gasteiger partial charge is 0.243 e. The number of carbonyl (C=O) groups is 2. The summed E-state index contributed by atoms with van der Waals surface area (Å²) >= 11 is 0. The predicted molar refractivity (Wildman–Crippen MR) is 123 cm³/mol. The van der Waals surface area contributed by atoms with Gasteiger partial charge in [0, 0.05) is 12.1 Å². The van der Waals surface area contributed by atoms with Crippen molar-refractivity contribution in [3.05, 3.63) is 70.8 Å². The fourth-order valence-corrected chi connectivity index (χ4v) is 3.54. The number of aryl methyl sites for hydroxylation is 2. The van der Waals surface area contributed by atoms with E-state index >= 15 is 0 Å². The number of carbonyl (C=O) groups excluding carboxylic acids is 2. The van der Waals surface area contributed by atoms with E-state index < -0.39 is 6.04 Å². The zero-order valence-electron chi connectivity index (χ0n) is 19.3. The van der Waals surface area contributed by atoms with Gasteiger partial charge in [0.2, 0.25) is 11.8 Å². The van der Waals surface area contributed by atoms with Gasteiger partial charge < -0.3 is 10.2 Å². The van der Waals surface area contributed by atoms with Crippen molar-refractivity contribution in [2.24, 2.45) is 0 Å². The molecule has 0 saturated carbocycles. The summed E-state index contributed by atoms with van der Waals surface area (Å²) in [5.74, 6) is -0.100. The fourth-order valence-electron chi connectivity index (χ4n) is 3.54. The van der Waals surface area contributed by atoms with Crippen LogP contribution in [0.4, 0.5) is 0 Å². The Kier molecular flexibility index (Phi) is 8.22. The molecule has 4 nitrogen and oxygen atoms in total. The van der Waals surface area contributed by atoms with Crippen LogP contribution in [0.5, 0.6) is 0 Å². The molecule has 0 fully saturated rings. The minimum Gasteiger partial charge on any atom is -0.350 e. The van der Waals surface area contributed by atoms with Crippen molar-refractivity contribution in [2.45, 2.75) is 72.4 Å². The number of hydrogen-bond acceptors (Lipinski definition) is 2. The summed E-state index contributed by atoms with van der Waals surface area (Å²) in [4.78, 5) is 28.1. The monoisotopic (exact) mass is 408 g/mol. The highest BCUT2D eigenvalue weighted by Gasteiger charge is 2.30. The Morgan fingerprint density at radius 3 is 2.20 bits per heavy atom. The molecule has 2 amide bonds. The van der Waals surface area contributed by atoms with Gasteiger partial charge in [-0.25, -0.2) is 0 Å². The SMILES string of the molecule is CC[C@@H](C(=O)NC(C)(C)C)N(CCc1ccccc1)C(=O)Cc1ccc(C)c(C)c1. The van der Waals surface area contributed by atoms with Crippen molar-refractivity contribution in [1.29, 1.82) is 0 Å². The lowest BCUT2D eigenvalue weighted by molar-refractivity contribution is -0.140. The maximum atomic E-state index is 13.3. The van der Waals surface area contributed by atoms with Gasteiger partial charge in [-0.2, -0.15) is 0 Å². The zero-order valence-corrected chi connectivity index (χ0v) is 19.3. The summed E-state index contributed by atoms with van der Waals surface area (Å²) in [5, 5.41) is 3.05. The number of hydrogen-bond donors (Lipinski definition) is 1. The number of nitrogens with zero attached hydrogens (tertiary/aromatic N) is 1. The molecular weight excluding hydrogens is 372 g/mol. The van der Waals surface area contributed by atoms with E-state index in [0.29, 0.717) is 19.4 Å². The summed E-state index contributed by atoms with van der Waals surface area (Å²) < 4.78 is 0. The third-order valence-corrected chi connectivity index (χ3v) is 5.29. The Morgan fingerprint density at radius 2 is 1.63 bits per heavy atom. The molecule has 1 N–H and O–H groups in total. The van der Waals surface area contributed by atoms with Crippen LogP contribution in [0, 0.1) is 13.8 Å². The van der Waals surface area contributed by atoms with Gasteiger partial charge in [0.05, 0.1) is 6.42 Å². The summed E-state index contributed by atoms with van der Waals surface area (Å²) in [6, 6.07) is 15.7. The average Bonchev–Trinajstić information content (AvgIpc) is 2.67. The Morgan fingerprint density at radius 1 is 0.967 bits per heavy atom. The van der Waals surface area contributed by atoms with Crippen LogP contribution >= 0.6 is 0 Å². The van der Waals surface area contributed by atoms with Crippen LogP contribution in [0.1, 0.15) is 56.4 Å². The van der Waals surface area contributed by atoms with Crippen LogP contribution in [0.25, 0.3) is 0 Å². The highest BCUT2D eigenvalue weighted by atomic mass is 16.2. The van der Waals surface area contributed by atoms with Crippen molar-refractivity contribution in [3.63, 3.8) is 0 Å². The van der Waals surface area contributed by atoms with Gasteiger partial charge in [-0.1, -0.05) is 55.5 Å². The number of benzene rings is 2. The van der Waals surface area contributed by atoms with Crippen LogP contribution < -0.4 is 5.32 Å². The van der Waals surface area contributed by atoms with E-state index in [0.717, 1.165) is 17.5 Å². The second kappa shape index (κ2) is 10.4. The zero-order chi connectivity index (χ0) is 22.3. The van der Waals surface area contributed by atoms with Crippen LogP contribution in [-0.4, -0.2) is 34.8 Å². The average molecular weight is 409 g/mol. The minimum atomic E-state index is -0.480. The molecule has 0 heterocycles. The molecule has 162 valence electrons. The third kappa shape index (κ3) is 7.01. The number of rotatable bonds is 8. The molecule has 2 rings (SSSR count). The van der Waals surface area contributed by atoms with Crippen molar-refractivity contribution in [2.75, 3.05) is 6.54 Å². The van der Waals surface area contributed by atoms with E-state index in [1.807, 2.05) is 52.0 Å². The first-order chi connectivity index (χ1) is 14.1.